The molecule has 1 amide bonds. The zero-order valence-electron chi connectivity index (χ0n) is 11.2. The van der Waals surface area contributed by atoms with Crippen molar-refractivity contribution in [2.45, 2.75) is 26.2 Å². The molecule has 0 saturated carbocycles. The molecule has 3 N–H and O–H groups in total. The number of nitrogens with zero attached hydrogens (tertiary/aromatic N) is 1. The van der Waals surface area contributed by atoms with Gasteiger partial charge in [-0.05, 0) is 31.4 Å². The molecule has 2 rings (SSSR count). The van der Waals surface area contributed by atoms with Crippen LogP contribution in [0.25, 0.3) is 0 Å². The van der Waals surface area contributed by atoms with Crippen LogP contribution in [0.4, 0.5) is 0 Å². The summed E-state index contributed by atoms with van der Waals surface area (Å²) in [5, 5.41) is 2.01. The summed E-state index contributed by atoms with van der Waals surface area (Å²) in [4.78, 5) is 13.8. The lowest BCUT2D eigenvalue weighted by molar-refractivity contribution is 0.0754. The van der Waals surface area contributed by atoms with E-state index in [0.717, 1.165) is 36.4 Å². The Bertz CT molecular complexity index is 506. The molecule has 0 atom stereocenters. The van der Waals surface area contributed by atoms with Crippen molar-refractivity contribution < 1.29 is 4.79 Å². The van der Waals surface area contributed by atoms with Crippen molar-refractivity contribution >= 4 is 17.2 Å². The number of nitrogens with two attached hydrogens (primary N) is 1. The van der Waals surface area contributed by atoms with Crippen molar-refractivity contribution in [3.63, 3.8) is 0 Å². The fourth-order valence-electron chi connectivity index (χ4n) is 2.05. The Morgan fingerprint density at radius 1 is 1.47 bits per heavy atom. The third kappa shape index (κ3) is 3.80. The first kappa shape index (κ1) is 14.1. The van der Waals surface area contributed by atoms with Gasteiger partial charge in [-0.1, -0.05) is 18.3 Å². The summed E-state index contributed by atoms with van der Waals surface area (Å²) in [7, 11) is 0. The van der Waals surface area contributed by atoms with Crippen LogP contribution in [0.15, 0.2) is 6.07 Å². The molecule has 0 spiro atoms. The number of hydrogen-bond donors (Lipinski definition) is 2. The SMILES string of the molecule is Cc1cc(C(=O)NN2CCCCC2)sc1C#CCN. The second kappa shape index (κ2) is 6.71. The first-order valence-corrected chi connectivity index (χ1v) is 7.37. The molecular weight excluding hydrogens is 258 g/mol. The van der Waals surface area contributed by atoms with Crippen molar-refractivity contribution in [3.05, 3.63) is 21.4 Å². The lowest BCUT2D eigenvalue weighted by atomic mass is 10.2. The highest BCUT2D eigenvalue weighted by atomic mass is 32.1. The minimum Gasteiger partial charge on any atom is -0.320 e. The summed E-state index contributed by atoms with van der Waals surface area (Å²) < 4.78 is 0. The lowest BCUT2D eigenvalue weighted by Crippen LogP contribution is -2.44. The average molecular weight is 277 g/mol. The van der Waals surface area contributed by atoms with Gasteiger partial charge in [0.25, 0.3) is 5.91 Å². The van der Waals surface area contributed by atoms with Crippen LogP contribution >= 0.6 is 11.3 Å². The Kier molecular flexibility index (Phi) is 4.97. The second-order valence-corrected chi connectivity index (χ2v) is 5.67. The molecule has 1 aromatic heterocycles. The molecule has 5 heteroatoms. The molecule has 4 nitrogen and oxygen atoms in total. The van der Waals surface area contributed by atoms with Crippen LogP contribution in [-0.4, -0.2) is 30.6 Å². The zero-order chi connectivity index (χ0) is 13.7. The Morgan fingerprint density at radius 3 is 2.89 bits per heavy atom. The van der Waals surface area contributed by atoms with Gasteiger partial charge in [-0.3, -0.25) is 10.2 Å². The van der Waals surface area contributed by atoms with Crippen molar-refractivity contribution in [3.8, 4) is 11.8 Å². The molecule has 1 aliphatic rings. The van der Waals surface area contributed by atoms with Gasteiger partial charge in [0, 0.05) is 13.1 Å². The maximum atomic E-state index is 12.1. The molecule has 102 valence electrons. The van der Waals surface area contributed by atoms with Crippen molar-refractivity contribution in [1.82, 2.24) is 10.4 Å². The van der Waals surface area contributed by atoms with Gasteiger partial charge in [-0.15, -0.1) is 11.3 Å². The number of nitrogens with one attached hydrogen (secondary N) is 1. The molecule has 19 heavy (non-hydrogen) atoms. The van der Waals surface area contributed by atoms with Crippen LogP contribution in [0.5, 0.6) is 0 Å². The number of rotatable bonds is 2. The summed E-state index contributed by atoms with van der Waals surface area (Å²) in [6.45, 7) is 4.19. The van der Waals surface area contributed by atoms with E-state index in [-0.39, 0.29) is 5.91 Å². The summed E-state index contributed by atoms with van der Waals surface area (Å²) in [6, 6.07) is 1.89. The number of carbonyl (C=O) groups is 1. The van der Waals surface area contributed by atoms with E-state index in [9.17, 15) is 4.79 Å². The smallest absolute Gasteiger partial charge is 0.275 e. The van der Waals surface area contributed by atoms with Gasteiger partial charge in [-0.2, -0.15) is 0 Å². The average Bonchev–Trinajstić information content (AvgIpc) is 2.79. The van der Waals surface area contributed by atoms with E-state index in [2.05, 4.69) is 17.3 Å². The van der Waals surface area contributed by atoms with Crippen LogP contribution < -0.4 is 11.2 Å². The molecule has 0 radical (unpaired) electrons. The Labute approximate surface area is 117 Å². The number of thiophene rings is 1. The number of carbonyl (C=O) groups excluding carboxylic acids is 1. The molecule has 1 aliphatic heterocycles. The van der Waals surface area contributed by atoms with Gasteiger partial charge >= 0.3 is 0 Å². The van der Waals surface area contributed by atoms with Gasteiger partial charge in [0.2, 0.25) is 0 Å². The number of hydrogen-bond acceptors (Lipinski definition) is 4. The minimum atomic E-state index is -0.0317. The van der Waals surface area contributed by atoms with Gasteiger partial charge < -0.3 is 5.73 Å². The molecule has 0 unspecified atom stereocenters. The highest BCUT2D eigenvalue weighted by Crippen LogP contribution is 2.21. The van der Waals surface area contributed by atoms with Crippen LogP contribution in [-0.2, 0) is 0 Å². The largest absolute Gasteiger partial charge is 0.320 e. The summed E-state index contributed by atoms with van der Waals surface area (Å²) in [6.07, 6.45) is 3.55. The monoisotopic (exact) mass is 277 g/mol. The van der Waals surface area contributed by atoms with Crippen LogP contribution in [0.1, 0.15) is 39.4 Å². The predicted octanol–water partition coefficient (Wildman–Crippen LogP) is 1.50. The van der Waals surface area contributed by atoms with Crippen LogP contribution in [0.2, 0.25) is 0 Å². The predicted molar refractivity (Wildman–Crippen MR) is 77.9 cm³/mol. The number of piperidine rings is 1. The zero-order valence-corrected chi connectivity index (χ0v) is 12.0. The minimum absolute atomic E-state index is 0.0317. The van der Waals surface area contributed by atoms with Gasteiger partial charge in [0.1, 0.15) is 0 Å². The number of amides is 1. The van der Waals surface area contributed by atoms with E-state index < -0.39 is 0 Å². The Hall–Kier alpha value is -1.35. The molecule has 0 aliphatic carbocycles. The van der Waals surface area contributed by atoms with E-state index in [4.69, 9.17) is 5.73 Å². The maximum absolute atomic E-state index is 12.1. The summed E-state index contributed by atoms with van der Waals surface area (Å²) in [5.41, 5.74) is 9.36. The molecule has 1 saturated heterocycles. The first-order valence-electron chi connectivity index (χ1n) is 6.56. The highest BCUT2D eigenvalue weighted by Gasteiger charge is 2.16. The fraction of sp³-hybridized carbons (Fsp3) is 0.500. The van der Waals surface area contributed by atoms with Crippen LogP contribution in [0, 0.1) is 18.8 Å². The Morgan fingerprint density at radius 2 is 2.21 bits per heavy atom. The summed E-state index contributed by atoms with van der Waals surface area (Å²) in [5.74, 6) is 5.79. The highest BCUT2D eigenvalue weighted by molar-refractivity contribution is 7.14. The molecule has 0 aromatic carbocycles. The molecule has 1 aromatic rings. The number of hydrazine groups is 1. The molecular formula is C14H19N3OS. The van der Waals surface area contributed by atoms with Gasteiger partial charge in [-0.25, -0.2) is 5.01 Å². The standard InChI is InChI=1S/C14H19N3OS/c1-11-10-13(19-12(11)6-5-7-15)14(18)16-17-8-3-2-4-9-17/h10H,2-4,7-9,15H2,1H3,(H,16,18). The molecule has 2 heterocycles. The fourth-order valence-corrected chi connectivity index (χ4v) is 2.99. The quantitative estimate of drug-likeness (QED) is 0.805. The second-order valence-electron chi connectivity index (χ2n) is 4.62. The number of aryl methyl sites for hydroxylation is 1. The van der Waals surface area contributed by atoms with Crippen molar-refractivity contribution in [1.29, 1.82) is 0 Å². The van der Waals surface area contributed by atoms with Crippen molar-refractivity contribution in [2.24, 2.45) is 5.73 Å². The van der Waals surface area contributed by atoms with Crippen molar-refractivity contribution in [2.75, 3.05) is 19.6 Å². The molecule has 1 fully saturated rings. The van der Waals surface area contributed by atoms with Crippen LogP contribution in [0.3, 0.4) is 0 Å². The Balaban J connectivity index is 2.02. The van der Waals surface area contributed by atoms with E-state index in [1.165, 1.54) is 17.8 Å². The topological polar surface area (TPSA) is 58.4 Å². The van der Waals surface area contributed by atoms with E-state index in [1.54, 1.807) is 0 Å². The maximum Gasteiger partial charge on any atom is 0.275 e. The molecule has 0 bridgehead atoms. The van der Waals surface area contributed by atoms with E-state index in [1.807, 2.05) is 18.0 Å². The van der Waals surface area contributed by atoms with E-state index in [0.29, 0.717) is 11.4 Å². The lowest BCUT2D eigenvalue weighted by Gasteiger charge is -2.26. The third-order valence-electron chi connectivity index (χ3n) is 3.06. The van der Waals surface area contributed by atoms with E-state index >= 15 is 0 Å². The summed E-state index contributed by atoms with van der Waals surface area (Å²) >= 11 is 1.43. The third-order valence-corrected chi connectivity index (χ3v) is 4.21. The van der Waals surface area contributed by atoms with Gasteiger partial charge in [0.15, 0.2) is 0 Å². The first-order chi connectivity index (χ1) is 9.20. The van der Waals surface area contributed by atoms with Gasteiger partial charge in [0.05, 0.1) is 16.3 Å². The normalized spacial score (nSPS) is 15.7.